The van der Waals surface area contributed by atoms with Crippen LogP contribution in [0.25, 0.3) is 0 Å². The van der Waals surface area contributed by atoms with Gasteiger partial charge in [-0.2, -0.15) is 4.99 Å². The van der Waals surface area contributed by atoms with Gasteiger partial charge in [0, 0.05) is 16.4 Å². The van der Waals surface area contributed by atoms with Crippen LogP contribution in [0, 0.1) is 5.41 Å². The van der Waals surface area contributed by atoms with E-state index in [0.717, 1.165) is 5.69 Å². The van der Waals surface area contributed by atoms with E-state index in [1.807, 2.05) is 37.8 Å². The van der Waals surface area contributed by atoms with Crippen LogP contribution < -0.4 is 4.90 Å². The molecule has 0 bridgehead atoms. The Morgan fingerprint density at radius 3 is 2.35 bits per heavy atom. The fourth-order valence-electron chi connectivity index (χ4n) is 3.14. The van der Waals surface area contributed by atoms with Gasteiger partial charge in [0.2, 0.25) is 0 Å². The number of thioether (sulfide) groups is 1. The number of nitrogens with zero attached hydrogens (tertiary/aromatic N) is 2. The summed E-state index contributed by atoms with van der Waals surface area (Å²) in [5, 5.41) is 0.545. The first kappa shape index (κ1) is 19.4. The minimum absolute atomic E-state index is 0.0729. The van der Waals surface area contributed by atoms with Gasteiger partial charge >= 0.3 is 0 Å². The summed E-state index contributed by atoms with van der Waals surface area (Å²) in [6.45, 7) is 9.79. The van der Waals surface area contributed by atoms with Crippen LogP contribution in [0.3, 0.4) is 0 Å². The Bertz CT molecular complexity index is 837. The molecular formula is C19H26N2O3S2. The lowest BCUT2D eigenvalue weighted by Crippen LogP contribution is -2.38. The fourth-order valence-corrected chi connectivity index (χ4v) is 7.05. The van der Waals surface area contributed by atoms with Gasteiger partial charge in [0.05, 0.1) is 17.5 Å². The number of aliphatic imine (C=N–C) groups is 1. The van der Waals surface area contributed by atoms with E-state index in [1.54, 1.807) is 0 Å². The molecule has 2 aliphatic heterocycles. The molecule has 0 saturated carbocycles. The number of hydrogen-bond acceptors (Lipinski definition) is 4. The number of hydrogen-bond donors (Lipinski definition) is 0. The Kier molecular flexibility index (Phi) is 4.99. The Morgan fingerprint density at radius 1 is 1.19 bits per heavy atom. The minimum Gasteiger partial charge on any atom is -0.316 e. The third-order valence-electron chi connectivity index (χ3n) is 4.74. The summed E-state index contributed by atoms with van der Waals surface area (Å²) < 4.78 is 24.2. The molecule has 5 nitrogen and oxygen atoms in total. The largest absolute Gasteiger partial charge is 0.316 e. The van der Waals surface area contributed by atoms with Crippen LogP contribution in [0.1, 0.15) is 46.1 Å². The van der Waals surface area contributed by atoms with Crippen molar-refractivity contribution < 1.29 is 13.2 Å². The number of anilines is 1. The average molecular weight is 395 g/mol. The van der Waals surface area contributed by atoms with Crippen LogP contribution >= 0.6 is 11.8 Å². The van der Waals surface area contributed by atoms with Gasteiger partial charge in [0.25, 0.3) is 5.91 Å². The van der Waals surface area contributed by atoms with Gasteiger partial charge in [-0.1, -0.05) is 58.5 Å². The Balaban J connectivity index is 2.00. The highest BCUT2D eigenvalue weighted by Crippen LogP contribution is 2.41. The van der Waals surface area contributed by atoms with Gasteiger partial charge in [-0.3, -0.25) is 4.79 Å². The zero-order valence-corrected chi connectivity index (χ0v) is 17.5. The summed E-state index contributed by atoms with van der Waals surface area (Å²) in [6.07, 6.45) is 0. The molecule has 142 valence electrons. The lowest BCUT2D eigenvalue weighted by Gasteiger charge is -2.25. The van der Waals surface area contributed by atoms with Crippen molar-refractivity contribution in [2.45, 2.75) is 51.8 Å². The highest BCUT2D eigenvalue weighted by Gasteiger charge is 2.49. The van der Waals surface area contributed by atoms with E-state index >= 15 is 0 Å². The molecule has 2 atom stereocenters. The summed E-state index contributed by atoms with van der Waals surface area (Å²) in [5.41, 5.74) is 1.55. The van der Waals surface area contributed by atoms with E-state index in [9.17, 15) is 13.2 Å². The number of amides is 1. The molecule has 1 aromatic carbocycles. The molecule has 7 heteroatoms. The van der Waals surface area contributed by atoms with Gasteiger partial charge in [-0.05, 0) is 23.6 Å². The van der Waals surface area contributed by atoms with Crippen molar-refractivity contribution in [3.05, 3.63) is 29.8 Å². The first-order valence-corrected chi connectivity index (χ1v) is 11.6. The van der Waals surface area contributed by atoms with Crippen molar-refractivity contribution in [3.63, 3.8) is 0 Å². The van der Waals surface area contributed by atoms with Gasteiger partial charge in [-0.15, -0.1) is 0 Å². The SMILES string of the molecule is CC(C)c1ccc(N2C(=NC(=O)C(C)(C)C)S[C@@H]3CS(=O)(=O)C[C@H]32)cc1. The van der Waals surface area contributed by atoms with E-state index in [4.69, 9.17) is 0 Å². The van der Waals surface area contributed by atoms with Crippen molar-refractivity contribution in [3.8, 4) is 0 Å². The van der Waals surface area contributed by atoms with E-state index < -0.39 is 15.3 Å². The number of sulfone groups is 1. The highest BCUT2D eigenvalue weighted by molar-refractivity contribution is 8.16. The second-order valence-electron chi connectivity index (χ2n) is 8.37. The smallest absolute Gasteiger partial charge is 0.253 e. The molecule has 26 heavy (non-hydrogen) atoms. The quantitative estimate of drug-likeness (QED) is 0.768. The standard InChI is InChI=1S/C19H26N2O3S2/c1-12(2)13-6-8-14(9-7-13)21-15-10-26(23,24)11-16(15)25-18(21)20-17(22)19(3,4)5/h6-9,12,15-16H,10-11H2,1-5H3/t15-,16-/m1/s1. The molecular weight excluding hydrogens is 368 g/mol. The lowest BCUT2D eigenvalue weighted by molar-refractivity contribution is -0.124. The van der Waals surface area contributed by atoms with E-state index in [2.05, 4.69) is 31.0 Å². The Labute approximate surface area is 160 Å². The molecule has 2 saturated heterocycles. The van der Waals surface area contributed by atoms with Crippen LogP contribution in [0.5, 0.6) is 0 Å². The number of fused-ring (bicyclic) bond motifs is 1. The number of carbonyl (C=O) groups is 1. The first-order valence-electron chi connectivity index (χ1n) is 8.87. The van der Waals surface area contributed by atoms with Crippen molar-refractivity contribution in [1.29, 1.82) is 0 Å². The molecule has 0 aromatic heterocycles. The first-order chi connectivity index (χ1) is 12.0. The Morgan fingerprint density at radius 2 is 1.81 bits per heavy atom. The van der Waals surface area contributed by atoms with Crippen LogP contribution in [0.4, 0.5) is 5.69 Å². The van der Waals surface area contributed by atoms with Crippen LogP contribution in [0.2, 0.25) is 0 Å². The molecule has 3 rings (SSSR count). The summed E-state index contributed by atoms with van der Waals surface area (Å²) in [4.78, 5) is 18.8. The van der Waals surface area contributed by atoms with Crippen molar-refractivity contribution in [2.75, 3.05) is 16.4 Å². The third kappa shape index (κ3) is 3.83. The van der Waals surface area contributed by atoms with E-state index in [-0.39, 0.29) is 28.7 Å². The topological polar surface area (TPSA) is 66.8 Å². The summed E-state index contributed by atoms with van der Waals surface area (Å²) in [6, 6.07) is 7.96. The van der Waals surface area contributed by atoms with Crippen molar-refractivity contribution in [2.24, 2.45) is 10.4 Å². The molecule has 1 amide bonds. The van der Waals surface area contributed by atoms with Gasteiger partial charge in [0.1, 0.15) is 0 Å². The van der Waals surface area contributed by atoms with Crippen LogP contribution in [0.15, 0.2) is 29.3 Å². The van der Waals surface area contributed by atoms with E-state index in [1.165, 1.54) is 17.3 Å². The van der Waals surface area contributed by atoms with Gasteiger partial charge < -0.3 is 4.90 Å². The predicted octanol–water partition coefficient (Wildman–Crippen LogP) is 3.46. The molecule has 1 aromatic rings. The molecule has 0 radical (unpaired) electrons. The zero-order valence-electron chi connectivity index (χ0n) is 15.9. The molecule has 0 N–H and O–H groups in total. The maximum absolute atomic E-state index is 12.4. The second kappa shape index (κ2) is 6.68. The molecule has 0 aliphatic carbocycles. The molecule has 2 aliphatic rings. The summed E-state index contributed by atoms with van der Waals surface area (Å²) in [7, 11) is -3.05. The molecule has 0 unspecified atom stereocenters. The maximum Gasteiger partial charge on any atom is 0.253 e. The maximum atomic E-state index is 12.4. The van der Waals surface area contributed by atoms with Crippen molar-refractivity contribution >= 4 is 38.4 Å². The predicted molar refractivity (Wildman–Crippen MR) is 109 cm³/mol. The summed E-state index contributed by atoms with van der Waals surface area (Å²) >= 11 is 1.42. The minimum atomic E-state index is -3.05. The second-order valence-corrected chi connectivity index (χ2v) is 11.7. The van der Waals surface area contributed by atoms with Gasteiger partial charge in [-0.25, -0.2) is 8.42 Å². The molecule has 2 fully saturated rings. The fraction of sp³-hybridized carbons (Fsp3) is 0.579. The number of amidine groups is 1. The number of carbonyl (C=O) groups excluding carboxylic acids is 1. The summed E-state index contributed by atoms with van der Waals surface area (Å²) in [5.74, 6) is 0.490. The monoisotopic (exact) mass is 394 g/mol. The number of rotatable bonds is 2. The average Bonchev–Trinajstić information content (AvgIpc) is 2.97. The Hall–Kier alpha value is -1.34. The number of benzene rings is 1. The third-order valence-corrected chi connectivity index (χ3v) is 7.95. The van der Waals surface area contributed by atoms with Crippen LogP contribution in [-0.4, -0.2) is 42.3 Å². The molecule has 2 heterocycles. The van der Waals surface area contributed by atoms with Crippen molar-refractivity contribution in [1.82, 2.24) is 0 Å². The molecule has 0 spiro atoms. The lowest BCUT2D eigenvalue weighted by atomic mass is 9.96. The van der Waals surface area contributed by atoms with Gasteiger partial charge in [0.15, 0.2) is 15.0 Å². The van der Waals surface area contributed by atoms with Crippen LogP contribution in [-0.2, 0) is 14.6 Å². The zero-order chi connectivity index (χ0) is 19.3. The highest BCUT2D eigenvalue weighted by atomic mass is 32.2. The normalized spacial score (nSPS) is 26.5. The van der Waals surface area contributed by atoms with E-state index in [0.29, 0.717) is 11.1 Å².